The smallest absolute Gasteiger partial charge is 0.220 e. The molecule has 1 N–H and O–H groups in total. The Morgan fingerprint density at radius 2 is 1.58 bits per heavy atom. The van der Waals surface area contributed by atoms with Gasteiger partial charge in [-0.2, -0.15) is 0 Å². The van der Waals surface area contributed by atoms with Gasteiger partial charge in [-0.3, -0.25) is 4.79 Å². The number of carbonyl (C=O) groups excluding carboxylic acids is 1. The van der Waals surface area contributed by atoms with E-state index in [1.54, 1.807) is 0 Å². The molecule has 0 heterocycles. The van der Waals surface area contributed by atoms with Gasteiger partial charge in [0.05, 0.1) is 0 Å². The van der Waals surface area contributed by atoms with E-state index in [-0.39, 0.29) is 11.9 Å². The van der Waals surface area contributed by atoms with Crippen LogP contribution in [0.1, 0.15) is 48.0 Å². The minimum atomic E-state index is 0.157. The van der Waals surface area contributed by atoms with Gasteiger partial charge in [-0.1, -0.05) is 27.7 Å². The first-order chi connectivity index (χ1) is 5.52. The Labute approximate surface area is 76.7 Å². The van der Waals surface area contributed by atoms with Crippen molar-refractivity contribution >= 4 is 5.91 Å². The van der Waals surface area contributed by atoms with Gasteiger partial charge in [0.15, 0.2) is 0 Å². The molecule has 0 atom stereocenters. The molecule has 0 aliphatic heterocycles. The molecule has 0 aliphatic rings. The summed E-state index contributed by atoms with van der Waals surface area (Å²) in [6.45, 7) is 12.0. The second kappa shape index (κ2) is 8.57. The van der Waals surface area contributed by atoms with E-state index in [0.717, 1.165) is 0 Å². The van der Waals surface area contributed by atoms with Crippen LogP contribution in [0.2, 0.25) is 0 Å². The van der Waals surface area contributed by atoms with Crippen LogP contribution in [0, 0.1) is 5.92 Å². The third-order valence-corrected chi connectivity index (χ3v) is 1.04. The van der Waals surface area contributed by atoms with Crippen molar-refractivity contribution in [3.8, 4) is 0 Å². The highest BCUT2D eigenvalue weighted by Crippen LogP contribution is 1.98. The summed E-state index contributed by atoms with van der Waals surface area (Å²) >= 11 is 0. The second-order valence-electron chi connectivity index (χ2n) is 3.32. The lowest BCUT2D eigenvalue weighted by molar-refractivity contribution is -0.122. The third-order valence-electron chi connectivity index (χ3n) is 1.04. The predicted molar refractivity (Wildman–Crippen MR) is 54.1 cm³/mol. The Bertz CT molecular complexity index is 96.4. The molecule has 12 heavy (non-hydrogen) atoms. The molecule has 2 nitrogen and oxygen atoms in total. The summed E-state index contributed by atoms with van der Waals surface area (Å²) in [5, 5.41) is 2.84. The maximum atomic E-state index is 11.0. The molecule has 0 rings (SSSR count). The van der Waals surface area contributed by atoms with Gasteiger partial charge in [-0.05, 0) is 19.8 Å². The molecule has 0 saturated heterocycles. The Morgan fingerprint density at radius 3 is 1.83 bits per heavy atom. The minimum absolute atomic E-state index is 0.157. The quantitative estimate of drug-likeness (QED) is 0.698. The summed E-state index contributed by atoms with van der Waals surface area (Å²) in [5.74, 6) is 0.615. The predicted octanol–water partition coefficient (Wildman–Crippen LogP) is 2.58. The Balaban J connectivity index is 0. The van der Waals surface area contributed by atoms with Gasteiger partial charge < -0.3 is 5.32 Å². The maximum absolute atomic E-state index is 11.0. The molecule has 0 fully saturated rings. The number of carbonyl (C=O) groups is 1. The molecule has 74 valence electrons. The van der Waals surface area contributed by atoms with Gasteiger partial charge in [0.2, 0.25) is 5.91 Å². The average molecular weight is 173 g/mol. The summed E-state index contributed by atoms with van der Waals surface area (Å²) < 4.78 is 0. The van der Waals surface area contributed by atoms with Crippen molar-refractivity contribution in [2.45, 2.75) is 54.0 Å². The lowest BCUT2D eigenvalue weighted by Crippen LogP contribution is -2.30. The summed E-state index contributed by atoms with van der Waals surface area (Å²) in [4.78, 5) is 11.0. The number of hydrogen-bond donors (Lipinski definition) is 1. The monoisotopic (exact) mass is 173 g/mol. The van der Waals surface area contributed by atoms with Gasteiger partial charge in [-0.25, -0.2) is 0 Å². The Morgan fingerprint density at radius 1 is 1.17 bits per heavy atom. The molecule has 0 spiro atoms. The maximum Gasteiger partial charge on any atom is 0.220 e. The molecule has 1 amide bonds. The van der Waals surface area contributed by atoms with Crippen LogP contribution in [0.4, 0.5) is 0 Å². The van der Waals surface area contributed by atoms with Crippen molar-refractivity contribution in [3.05, 3.63) is 0 Å². The number of amides is 1. The summed E-state index contributed by atoms with van der Waals surface area (Å²) in [6, 6.07) is 0.270. The van der Waals surface area contributed by atoms with E-state index in [0.29, 0.717) is 12.3 Å². The van der Waals surface area contributed by atoms with Gasteiger partial charge in [0.1, 0.15) is 0 Å². The molecular weight excluding hydrogens is 150 g/mol. The molecule has 0 aromatic rings. The van der Waals surface area contributed by atoms with E-state index in [1.165, 1.54) is 0 Å². The van der Waals surface area contributed by atoms with Gasteiger partial charge in [0.25, 0.3) is 0 Å². The van der Waals surface area contributed by atoms with Crippen molar-refractivity contribution in [2.75, 3.05) is 0 Å². The molecule has 0 aromatic carbocycles. The zero-order chi connectivity index (χ0) is 10.1. The third kappa shape index (κ3) is 12.2. The zero-order valence-corrected chi connectivity index (χ0v) is 9.27. The zero-order valence-electron chi connectivity index (χ0n) is 9.27. The van der Waals surface area contributed by atoms with E-state index < -0.39 is 0 Å². The second-order valence-corrected chi connectivity index (χ2v) is 3.32. The molecule has 0 bridgehead atoms. The lowest BCUT2D eigenvalue weighted by Gasteiger charge is -2.09. The van der Waals surface area contributed by atoms with Crippen LogP contribution in [-0.2, 0) is 4.79 Å². The van der Waals surface area contributed by atoms with E-state index in [9.17, 15) is 4.79 Å². The van der Waals surface area contributed by atoms with E-state index in [2.05, 4.69) is 5.32 Å². The van der Waals surface area contributed by atoms with Crippen LogP contribution >= 0.6 is 0 Å². The van der Waals surface area contributed by atoms with Crippen LogP contribution in [0.25, 0.3) is 0 Å². The fraction of sp³-hybridized carbons (Fsp3) is 0.900. The van der Waals surface area contributed by atoms with E-state index in [4.69, 9.17) is 0 Å². The fourth-order valence-corrected chi connectivity index (χ4v) is 0.752. The molecule has 0 saturated carbocycles. The van der Waals surface area contributed by atoms with E-state index in [1.807, 2.05) is 41.5 Å². The molecule has 0 aliphatic carbocycles. The summed E-state index contributed by atoms with van der Waals surface area (Å²) in [6.07, 6.45) is 0.637. The largest absolute Gasteiger partial charge is 0.354 e. The minimum Gasteiger partial charge on any atom is -0.354 e. The lowest BCUT2D eigenvalue weighted by atomic mass is 10.1. The van der Waals surface area contributed by atoms with Crippen molar-refractivity contribution in [2.24, 2.45) is 5.92 Å². The van der Waals surface area contributed by atoms with Gasteiger partial charge in [0, 0.05) is 12.5 Å². The van der Waals surface area contributed by atoms with Gasteiger partial charge in [-0.15, -0.1) is 0 Å². The highest BCUT2D eigenvalue weighted by atomic mass is 16.1. The number of rotatable bonds is 3. The van der Waals surface area contributed by atoms with Crippen LogP contribution in [0.3, 0.4) is 0 Å². The van der Waals surface area contributed by atoms with Crippen molar-refractivity contribution < 1.29 is 4.79 Å². The fourth-order valence-electron chi connectivity index (χ4n) is 0.752. The Hall–Kier alpha value is -0.530. The van der Waals surface area contributed by atoms with Crippen molar-refractivity contribution in [1.82, 2.24) is 5.32 Å². The van der Waals surface area contributed by atoms with Crippen LogP contribution in [0.5, 0.6) is 0 Å². The summed E-state index contributed by atoms with van der Waals surface area (Å²) in [5.41, 5.74) is 0. The van der Waals surface area contributed by atoms with Gasteiger partial charge >= 0.3 is 0 Å². The van der Waals surface area contributed by atoms with Crippen LogP contribution in [-0.4, -0.2) is 11.9 Å². The number of hydrogen-bond acceptors (Lipinski definition) is 1. The molecule has 0 radical (unpaired) electrons. The number of nitrogens with one attached hydrogen (secondary N) is 1. The van der Waals surface area contributed by atoms with Crippen LogP contribution in [0.15, 0.2) is 0 Å². The van der Waals surface area contributed by atoms with E-state index >= 15 is 0 Å². The van der Waals surface area contributed by atoms with Crippen LogP contribution < -0.4 is 5.32 Å². The molecule has 2 heteroatoms. The van der Waals surface area contributed by atoms with Crippen molar-refractivity contribution in [3.63, 3.8) is 0 Å². The molecule has 0 aromatic heterocycles. The summed E-state index contributed by atoms with van der Waals surface area (Å²) in [7, 11) is 0. The standard InChI is InChI=1S/C8H17NO.C2H6/c1-6(2)5-8(10)9-7(3)4;1-2/h6-7H,5H2,1-4H3,(H,9,10);1-2H3. The SMILES string of the molecule is CC.CC(C)CC(=O)NC(C)C. The Kier molecular flexibility index (Phi) is 10.0. The normalized spacial score (nSPS) is 9.33. The first-order valence-electron chi connectivity index (χ1n) is 4.81. The van der Waals surface area contributed by atoms with Crippen molar-refractivity contribution in [1.29, 1.82) is 0 Å². The topological polar surface area (TPSA) is 29.1 Å². The highest BCUT2D eigenvalue weighted by Gasteiger charge is 2.04. The molecule has 0 unspecified atom stereocenters. The first-order valence-corrected chi connectivity index (χ1v) is 4.81. The first kappa shape index (κ1) is 14.0. The average Bonchev–Trinajstić information content (AvgIpc) is 1.87. The molecular formula is C10H23NO. The highest BCUT2D eigenvalue weighted by molar-refractivity contribution is 5.76.